The molecular formula is C10H13NO. The maximum Gasteiger partial charge on any atom is 0.122 e. The van der Waals surface area contributed by atoms with E-state index in [0.29, 0.717) is 0 Å². The van der Waals surface area contributed by atoms with Gasteiger partial charge in [-0.05, 0) is 30.0 Å². The minimum Gasteiger partial charge on any atom is -0.496 e. The third-order valence-corrected chi connectivity index (χ3v) is 2.40. The molecule has 2 N–H and O–H groups in total. The zero-order valence-electron chi connectivity index (χ0n) is 7.21. The Hall–Kier alpha value is -1.02. The lowest BCUT2D eigenvalue weighted by molar-refractivity contribution is 0.410. The Labute approximate surface area is 72.3 Å². The van der Waals surface area contributed by atoms with Crippen LogP contribution in [0.1, 0.15) is 11.1 Å². The molecule has 0 spiro atoms. The van der Waals surface area contributed by atoms with Gasteiger partial charge in [0.15, 0.2) is 0 Å². The third-order valence-electron chi connectivity index (χ3n) is 2.40. The molecule has 1 aromatic carbocycles. The zero-order valence-corrected chi connectivity index (χ0v) is 7.21. The maximum atomic E-state index is 5.85. The molecule has 1 aliphatic carbocycles. The van der Waals surface area contributed by atoms with Gasteiger partial charge in [-0.3, -0.25) is 0 Å². The van der Waals surface area contributed by atoms with E-state index in [0.717, 1.165) is 18.6 Å². The molecular weight excluding hydrogens is 150 g/mol. The fraction of sp³-hybridized carbons (Fsp3) is 0.400. The smallest absolute Gasteiger partial charge is 0.122 e. The number of fused-ring (bicyclic) bond motifs is 1. The molecule has 12 heavy (non-hydrogen) atoms. The summed E-state index contributed by atoms with van der Waals surface area (Å²) in [6.07, 6.45) is 1.95. The summed E-state index contributed by atoms with van der Waals surface area (Å²) >= 11 is 0. The van der Waals surface area contributed by atoms with Crippen molar-refractivity contribution in [1.29, 1.82) is 0 Å². The molecule has 64 valence electrons. The molecule has 1 aliphatic rings. The first-order valence-electron chi connectivity index (χ1n) is 4.21. The second-order valence-corrected chi connectivity index (χ2v) is 3.27. The average Bonchev–Trinajstić information content (AvgIpc) is 2.44. The lowest BCUT2D eigenvalue weighted by Gasteiger charge is -2.05. The van der Waals surface area contributed by atoms with Gasteiger partial charge < -0.3 is 10.5 Å². The quantitative estimate of drug-likeness (QED) is 0.673. The monoisotopic (exact) mass is 163 g/mol. The second kappa shape index (κ2) is 2.79. The summed E-state index contributed by atoms with van der Waals surface area (Å²) in [5, 5.41) is 0. The predicted octanol–water partition coefficient (Wildman–Crippen LogP) is 1.12. The highest BCUT2D eigenvalue weighted by Crippen LogP contribution is 2.29. The SMILES string of the molecule is COc1cccc2c1C[C@@H](N)C2. The van der Waals surface area contributed by atoms with Gasteiger partial charge >= 0.3 is 0 Å². The van der Waals surface area contributed by atoms with Crippen molar-refractivity contribution in [3.8, 4) is 5.75 Å². The van der Waals surface area contributed by atoms with Crippen LogP contribution in [0.3, 0.4) is 0 Å². The summed E-state index contributed by atoms with van der Waals surface area (Å²) in [5.74, 6) is 0.987. The first kappa shape index (κ1) is 7.62. The number of hydrogen-bond acceptors (Lipinski definition) is 2. The minimum atomic E-state index is 0.288. The molecule has 1 aromatic rings. The van der Waals surface area contributed by atoms with Crippen LogP contribution in [0.4, 0.5) is 0 Å². The van der Waals surface area contributed by atoms with Crippen molar-refractivity contribution in [1.82, 2.24) is 0 Å². The molecule has 0 saturated carbocycles. The highest BCUT2D eigenvalue weighted by atomic mass is 16.5. The Morgan fingerprint density at radius 3 is 3.00 bits per heavy atom. The predicted molar refractivity (Wildman–Crippen MR) is 48.4 cm³/mol. The minimum absolute atomic E-state index is 0.288. The van der Waals surface area contributed by atoms with Gasteiger partial charge in [0.1, 0.15) is 5.75 Å². The zero-order chi connectivity index (χ0) is 8.55. The summed E-state index contributed by atoms with van der Waals surface area (Å²) in [6, 6.07) is 6.44. The van der Waals surface area contributed by atoms with Gasteiger partial charge in [0.05, 0.1) is 7.11 Å². The van der Waals surface area contributed by atoms with E-state index in [1.165, 1.54) is 11.1 Å². The van der Waals surface area contributed by atoms with Crippen molar-refractivity contribution < 1.29 is 4.74 Å². The van der Waals surface area contributed by atoms with Crippen molar-refractivity contribution >= 4 is 0 Å². The highest BCUT2D eigenvalue weighted by molar-refractivity contribution is 5.44. The number of methoxy groups -OCH3 is 1. The van der Waals surface area contributed by atoms with Gasteiger partial charge in [-0.15, -0.1) is 0 Å². The molecule has 0 aliphatic heterocycles. The summed E-state index contributed by atoms with van der Waals surface area (Å²) < 4.78 is 5.25. The third kappa shape index (κ3) is 1.08. The van der Waals surface area contributed by atoms with Crippen LogP contribution >= 0.6 is 0 Å². The molecule has 0 unspecified atom stereocenters. The normalized spacial score (nSPS) is 20.7. The Kier molecular flexibility index (Phi) is 1.77. The van der Waals surface area contributed by atoms with Gasteiger partial charge in [0, 0.05) is 6.04 Å². The maximum absolute atomic E-state index is 5.85. The van der Waals surface area contributed by atoms with Crippen molar-refractivity contribution in [2.45, 2.75) is 18.9 Å². The molecule has 0 fully saturated rings. The van der Waals surface area contributed by atoms with Gasteiger partial charge in [-0.1, -0.05) is 12.1 Å². The number of hydrogen-bond donors (Lipinski definition) is 1. The largest absolute Gasteiger partial charge is 0.496 e. The van der Waals surface area contributed by atoms with Gasteiger partial charge in [0.2, 0.25) is 0 Å². The Morgan fingerprint density at radius 2 is 2.25 bits per heavy atom. The topological polar surface area (TPSA) is 35.2 Å². The van der Waals surface area contributed by atoms with Crippen molar-refractivity contribution in [3.63, 3.8) is 0 Å². The molecule has 2 rings (SSSR count). The van der Waals surface area contributed by atoms with Crippen LogP contribution in [0.5, 0.6) is 5.75 Å². The average molecular weight is 163 g/mol. The van der Waals surface area contributed by atoms with Crippen molar-refractivity contribution in [2.24, 2.45) is 5.73 Å². The van der Waals surface area contributed by atoms with Crippen LogP contribution in [0.15, 0.2) is 18.2 Å². The van der Waals surface area contributed by atoms with Gasteiger partial charge in [-0.25, -0.2) is 0 Å². The van der Waals surface area contributed by atoms with Gasteiger partial charge in [-0.2, -0.15) is 0 Å². The van der Waals surface area contributed by atoms with E-state index in [4.69, 9.17) is 10.5 Å². The number of rotatable bonds is 1. The lowest BCUT2D eigenvalue weighted by Crippen LogP contribution is -2.19. The van der Waals surface area contributed by atoms with E-state index in [1.807, 2.05) is 12.1 Å². The summed E-state index contributed by atoms with van der Waals surface area (Å²) in [6.45, 7) is 0. The first-order valence-corrected chi connectivity index (χ1v) is 4.21. The Bertz CT molecular complexity index is 296. The van der Waals surface area contributed by atoms with E-state index < -0.39 is 0 Å². The summed E-state index contributed by atoms with van der Waals surface area (Å²) in [5.41, 5.74) is 8.50. The van der Waals surface area contributed by atoms with E-state index in [1.54, 1.807) is 7.11 Å². The summed E-state index contributed by atoms with van der Waals surface area (Å²) in [7, 11) is 1.71. The lowest BCUT2D eigenvalue weighted by atomic mass is 10.1. The molecule has 0 saturated heterocycles. The van der Waals surface area contributed by atoms with Crippen LogP contribution in [-0.4, -0.2) is 13.2 Å². The van der Waals surface area contributed by atoms with Crippen LogP contribution in [0.25, 0.3) is 0 Å². The Morgan fingerprint density at radius 1 is 1.42 bits per heavy atom. The van der Waals surface area contributed by atoms with E-state index in [9.17, 15) is 0 Å². The Balaban J connectivity index is 2.44. The molecule has 0 aromatic heterocycles. The van der Waals surface area contributed by atoms with Crippen molar-refractivity contribution in [2.75, 3.05) is 7.11 Å². The van der Waals surface area contributed by atoms with Crippen LogP contribution in [0, 0.1) is 0 Å². The number of nitrogens with two attached hydrogens (primary N) is 1. The summed E-state index contributed by atoms with van der Waals surface area (Å²) in [4.78, 5) is 0. The number of ether oxygens (including phenoxy) is 1. The molecule has 0 heterocycles. The molecule has 2 heteroatoms. The van der Waals surface area contributed by atoms with Crippen molar-refractivity contribution in [3.05, 3.63) is 29.3 Å². The molecule has 1 atom stereocenters. The number of benzene rings is 1. The fourth-order valence-corrected chi connectivity index (χ4v) is 1.84. The fourth-order valence-electron chi connectivity index (χ4n) is 1.84. The first-order chi connectivity index (χ1) is 5.81. The van der Waals surface area contributed by atoms with Crippen LogP contribution < -0.4 is 10.5 Å². The molecule has 0 radical (unpaired) electrons. The molecule has 0 amide bonds. The standard InChI is InChI=1S/C10H13NO/c1-12-10-4-2-3-7-5-8(11)6-9(7)10/h2-4,8H,5-6,11H2,1H3/t8-/m0/s1. The van der Waals surface area contributed by atoms with Crippen LogP contribution in [-0.2, 0) is 12.8 Å². The van der Waals surface area contributed by atoms with E-state index in [2.05, 4.69) is 6.07 Å². The van der Waals surface area contributed by atoms with Crippen LogP contribution in [0.2, 0.25) is 0 Å². The highest BCUT2D eigenvalue weighted by Gasteiger charge is 2.20. The van der Waals surface area contributed by atoms with Gasteiger partial charge in [0.25, 0.3) is 0 Å². The molecule has 2 nitrogen and oxygen atoms in total. The molecule has 0 bridgehead atoms. The van der Waals surface area contributed by atoms with E-state index in [-0.39, 0.29) is 6.04 Å². The second-order valence-electron chi connectivity index (χ2n) is 3.27. The van der Waals surface area contributed by atoms with E-state index >= 15 is 0 Å².